The maximum absolute atomic E-state index is 13.4. The molecule has 2 amide bonds. The SMILES string of the molecule is Cc1ccccc1N1C(=O)/C(=C/c2cc3c(cc2Cl)N(C)C(C)(C)C[C@@H]3C)C(=O)NC1=S. The summed E-state index contributed by atoms with van der Waals surface area (Å²) >= 11 is 11.9. The van der Waals surface area contributed by atoms with Crippen LogP contribution in [0.5, 0.6) is 0 Å². The number of hydrogen-bond acceptors (Lipinski definition) is 4. The molecule has 1 saturated heterocycles. The molecule has 166 valence electrons. The van der Waals surface area contributed by atoms with Crippen LogP contribution < -0.4 is 15.1 Å². The number of carbonyl (C=O) groups is 2. The highest BCUT2D eigenvalue weighted by Gasteiger charge is 2.37. The van der Waals surface area contributed by atoms with Crippen molar-refractivity contribution >= 4 is 58.2 Å². The minimum Gasteiger partial charge on any atom is -0.369 e. The van der Waals surface area contributed by atoms with E-state index in [4.69, 9.17) is 23.8 Å². The predicted octanol–water partition coefficient (Wildman–Crippen LogP) is 5.20. The van der Waals surface area contributed by atoms with Gasteiger partial charge in [-0.2, -0.15) is 0 Å². The molecular formula is C25H26ClN3O2S. The zero-order valence-corrected chi connectivity index (χ0v) is 20.4. The molecule has 2 heterocycles. The smallest absolute Gasteiger partial charge is 0.270 e. The lowest BCUT2D eigenvalue weighted by Gasteiger charge is -2.45. The van der Waals surface area contributed by atoms with Gasteiger partial charge in [0, 0.05) is 23.3 Å². The molecule has 0 bridgehead atoms. The number of nitrogens with zero attached hydrogens (tertiary/aromatic N) is 2. The lowest BCUT2D eigenvalue weighted by atomic mass is 9.80. The van der Waals surface area contributed by atoms with Crippen LogP contribution in [0.15, 0.2) is 42.0 Å². The molecule has 1 fully saturated rings. The maximum Gasteiger partial charge on any atom is 0.270 e. The number of fused-ring (bicyclic) bond motifs is 1. The fourth-order valence-corrected chi connectivity index (χ4v) is 5.05. The molecule has 1 atom stereocenters. The first-order valence-electron chi connectivity index (χ1n) is 10.6. The normalized spacial score (nSPS) is 21.6. The zero-order chi connectivity index (χ0) is 23.4. The Labute approximate surface area is 199 Å². The Morgan fingerprint density at radius 2 is 1.88 bits per heavy atom. The first kappa shape index (κ1) is 22.5. The molecule has 32 heavy (non-hydrogen) atoms. The number of rotatable bonds is 2. The van der Waals surface area contributed by atoms with Gasteiger partial charge in [-0.05, 0) is 86.3 Å². The van der Waals surface area contributed by atoms with Gasteiger partial charge >= 0.3 is 0 Å². The Kier molecular flexibility index (Phi) is 5.63. The largest absolute Gasteiger partial charge is 0.369 e. The monoisotopic (exact) mass is 467 g/mol. The van der Waals surface area contributed by atoms with E-state index in [0.29, 0.717) is 22.2 Å². The van der Waals surface area contributed by atoms with Gasteiger partial charge in [0.2, 0.25) is 0 Å². The van der Waals surface area contributed by atoms with E-state index in [1.165, 1.54) is 4.90 Å². The van der Waals surface area contributed by atoms with E-state index in [1.54, 1.807) is 12.1 Å². The topological polar surface area (TPSA) is 52.7 Å². The fourth-order valence-electron chi connectivity index (χ4n) is 4.56. The molecule has 4 rings (SSSR count). The van der Waals surface area contributed by atoms with Gasteiger partial charge < -0.3 is 4.90 Å². The number of para-hydroxylation sites is 1. The molecule has 2 aliphatic heterocycles. The van der Waals surface area contributed by atoms with E-state index in [-0.39, 0.29) is 16.2 Å². The van der Waals surface area contributed by atoms with E-state index in [1.807, 2.05) is 37.3 Å². The summed E-state index contributed by atoms with van der Waals surface area (Å²) in [6, 6.07) is 11.3. The lowest BCUT2D eigenvalue weighted by molar-refractivity contribution is -0.122. The quantitative estimate of drug-likeness (QED) is 0.374. The Balaban J connectivity index is 1.79. The molecule has 0 aliphatic carbocycles. The van der Waals surface area contributed by atoms with Gasteiger partial charge in [0.15, 0.2) is 5.11 Å². The van der Waals surface area contributed by atoms with E-state index in [2.05, 4.69) is 38.0 Å². The van der Waals surface area contributed by atoms with Gasteiger partial charge in [-0.3, -0.25) is 19.8 Å². The number of hydrogen-bond donors (Lipinski definition) is 1. The highest BCUT2D eigenvalue weighted by atomic mass is 35.5. The van der Waals surface area contributed by atoms with Crippen molar-refractivity contribution in [2.75, 3.05) is 16.8 Å². The number of nitrogens with one attached hydrogen (secondary N) is 1. The second-order valence-corrected chi connectivity index (χ2v) is 9.95. The molecule has 0 unspecified atom stereocenters. The summed E-state index contributed by atoms with van der Waals surface area (Å²) in [7, 11) is 2.07. The van der Waals surface area contributed by atoms with Crippen molar-refractivity contribution in [2.45, 2.75) is 45.6 Å². The van der Waals surface area contributed by atoms with Crippen LogP contribution in [-0.4, -0.2) is 29.5 Å². The molecule has 0 radical (unpaired) electrons. The third kappa shape index (κ3) is 3.71. The molecule has 1 N–H and O–H groups in total. The zero-order valence-electron chi connectivity index (χ0n) is 18.8. The Bertz CT molecular complexity index is 1190. The molecular weight excluding hydrogens is 442 g/mol. The van der Waals surface area contributed by atoms with Crippen LogP contribution in [0.3, 0.4) is 0 Å². The summed E-state index contributed by atoms with van der Waals surface area (Å²) in [4.78, 5) is 29.7. The summed E-state index contributed by atoms with van der Waals surface area (Å²) in [5.41, 5.74) is 4.40. The van der Waals surface area contributed by atoms with Crippen LogP contribution in [0.2, 0.25) is 5.02 Å². The number of benzene rings is 2. The van der Waals surface area contributed by atoms with Crippen molar-refractivity contribution < 1.29 is 9.59 Å². The average Bonchev–Trinajstić information content (AvgIpc) is 2.71. The van der Waals surface area contributed by atoms with Gasteiger partial charge in [0.25, 0.3) is 11.8 Å². The second kappa shape index (κ2) is 8.01. The number of amides is 2. The van der Waals surface area contributed by atoms with Crippen molar-refractivity contribution in [3.8, 4) is 0 Å². The predicted molar refractivity (Wildman–Crippen MR) is 134 cm³/mol. The molecule has 2 aliphatic rings. The summed E-state index contributed by atoms with van der Waals surface area (Å²) in [5, 5.41) is 3.20. The number of aryl methyl sites for hydroxylation is 1. The second-order valence-electron chi connectivity index (χ2n) is 9.15. The van der Waals surface area contributed by atoms with Crippen molar-refractivity contribution in [1.82, 2.24) is 5.32 Å². The summed E-state index contributed by atoms with van der Waals surface area (Å²) < 4.78 is 0. The number of thiocarbonyl (C=S) groups is 1. The van der Waals surface area contributed by atoms with Crippen LogP contribution in [0.25, 0.3) is 6.08 Å². The van der Waals surface area contributed by atoms with Crippen LogP contribution in [0.4, 0.5) is 11.4 Å². The summed E-state index contributed by atoms with van der Waals surface area (Å²) in [6.45, 7) is 8.51. The number of carbonyl (C=O) groups excluding carboxylic acids is 2. The van der Waals surface area contributed by atoms with Crippen molar-refractivity contribution in [1.29, 1.82) is 0 Å². The van der Waals surface area contributed by atoms with Gasteiger partial charge in [-0.25, -0.2) is 0 Å². The molecule has 0 spiro atoms. The Morgan fingerprint density at radius 3 is 2.56 bits per heavy atom. The highest BCUT2D eigenvalue weighted by Crippen LogP contribution is 2.44. The Hall–Kier alpha value is -2.70. The standard InChI is InChI=1S/C25H26ClN3O2S/c1-14-8-6-7-9-20(14)29-23(31)18(22(30)27-24(29)32)11-16-10-17-15(2)13-25(3,4)28(5)21(17)12-19(16)26/h6-12,15H,13H2,1-5H3,(H,27,30,32)/b18-11+/t15-/m0/s1. The molecule has 7 heteroatoms. The van der Waals surface area contributed by atoms with Gasteiger partial charge in [0.05, 0.1) is 5.69 Å². The van der Waals surface area contributed by atoms with E-state index >= 15 is 0 Å². The Morgan fingerprint density at radius 1 is 1.19 bits per heavy atom. The average molecular weight is 468 g/mol. The molecule has 5 nitrogen and oxygen atoms in total. The first-order chi connectivity index (χ1) is 15.0. The molecule has 2 aromatic carbocycles. The van der Waals surface area contributed by atoms with E-state index in [9.17, 15) is 9.59 Å². The maximum atomic E-state index is 13.4. The van der Waals surface area contributed by atoms with Crippen LogP contribution in [0.1, 0.15) is 49.8 Å². The third-order valence-corrected chi connectivity index (χ3v) is 7.12. The van der Waals surface area contributed by atoms with Crippen LogP contribution in [-0.2, 0) is 9.59 Å². The minimum atomic E-state index is -0.523. The van der Waals surface area contributed by atoms with Crippen LogP contribution in [0, 0.1) is 6.92 Å². The van der Waals surface area contributed by atoms with Gasteiger partial charge in [-0.15, -0.1) is 0 Å². The highest BCUT2D eigenvalue weighted by molar-refractivity contribution is 7.80. The fraction of sp³-hybridized carbons (Fsp3) is 0.320. The molecule has 0 saturated carbocycles. The van der Waals surface area contributed by atoms with Gasteiger partial charge in [-0.1, -0.05) is 36.7 Å². The van der Waals surface area contributed by atoms with E-state index < -0.39 is 11.8 Å². The first-order valence-corrected chi connectivity index (χ1v) is 11.3. The van der Waals surface area contributed by atoms with E-state index in [0.717, 1.165) is 23.2 Å². The molecule has 0 aromatic heterocycles. The van der Waals surface area contributed by atoms with Gasteiger partial charge in [0.1, 0.15) is 5.57 Å². The third-order valence-electron chi connectivity index (χ3n) is 6.51. The summed E-state index contributed by atoms with van der Waals surface area (Å²) in [6.07, 6.45) is 2.56. The van der Waals surface area contributed by atoms with Crippen molar-refractivity contribution in [2.24, 2.45) is 0 Å². The van der Waals surface area contributed by atoms with Crippen molar-refractivity contribution in [3.05, 3.63) is 63.7 Å². The lowest BCUT2D eigenvalue weighted by Crippen LogP contribution is -2.54. The summed E-state index contributed by atoms with van der Waals surface area (Å²) in [5.74, 6) is -0.671. The number of halogens is 1. The minimum absolute atomic E-state index is 0.000787. The van der Waals surface area contributed by atoms with Crippen LogP contribution >= 0.6 is 23.8 Å². The molecule has 2 aromatic rings. The van der Waals surface area contributed by atoms with Crippen molar-refractivity contribution in [3.63, 3.8) is 0 Å². The number of anilines is 2.